The largest absolute Gasteiger partial charge is 0.355 e. The van der Waals surface area contributed by atoms with Crippen molar-refractivity contribution in [2.75, 3.05) is 5.32 Å². The Balaban J connectivity index is 2.13. The highest BCUT2D eigenvalue weighted by Crippen LogP contribution is 2.32. The Kier molecular flexibility index (Phi) is 3.97. The molecule has 0 spiro atoms. The zero-order valence-corrected chi connectivity index (χ0v) is 14.2. The molecule has 1 N–H and O–H groups in total. The first-order valence-electron chi connectivity index (χ1n) is 7.13. The molecule has 1 aromatic carbocycles. The first-order valence-corrected chi connectivity index (χ1v) is 8.01. The van der Waals surface area contributed by atoms with Gasteiger partial charge in [0.1, 0.15) is 0 Å². The quantitative estimate of drug-likeness (QED) is 0.705. The molecule has 0 saturated carbocycles. The van der Waals surface area contributed by atoms with Crippen molar-refractivity contribution in [3.05, 3.63) is 46.2 Å². The van der Waals surface area contributed by atoms with Crippen molar-refractivity contribution in [1.29, 1.82) is 0 Å². The van der Waals surface area contributed by atoms with Crippen LogP contribution in [0.15, 0.2) is 35.7 Å². The van der Waals surface area contributed by atoms with Crippen LogP contribution < -0.4 is 5.32 Å². The Hall–Kier alpha value is -1.28. The van der Waals surface area contributed by atoms with Gasteiger partial charge in [-0.3, -0.25) is 0 Å². The van der Waals surface area contributed by atoms with Crippen molar-refractivity contribution in [2.24, 2.45) is 0 Å². The molecule has 0 fully saturated rings. The molecule has 0 bridgehead atoms. The van der Waals surface area contributed by atoms with Crippen molar-refractivity contribution in [3.63, 3.8) is 0 Å². The van der Waals surface area contributed by atoms with Crippen LogP contribution in [0.2, 0.25) is 0 Å². The summed E-state index contributed by atoms with van der Waals surface area (Å²) in [7, 11) is 0. The molecule has 1 nitrogen and oxygen atoms in total. The summed E-state index contributed by atoms with van der Waals surface area (Å²) in [5, 5.41) is 5.68. The van der Waals surface area contributed by atoms with E-state index in [9.17, 15) is 0 Å². The van der Waals surface area contributed by atoms with Gasteiger partial charge in [-0.05, 0) is 34.6 Å². The fraction of sp³-hybridized carbons (Fsp3) is 0.444. The van der Waals surface area contributed by atoms with E-state index in [1.807, 2.05) is 11.3 Å². The van der Waals surface area contributed by atoms with Crippen LogP contribution in [-0.4, -0.2) is 0 Å². The Morgan fingerprint density at radius 3 is 1.85 bits per heavy atom. The lowest BCUT2D eigenvalue weighted by molar-refractivity contribution is 0.590. The summed E-state index contributed by atoms with van der Waals surface area (Å²) in [6.45, 7) is 13.5. The number of hydrogen-bond acceptors (Lipinski definition) is 2. The van der Waals surface area contributed by atoms with Gasteiger partial charge in [-0.25, -0.2) is 0 Å². The number of rotatable bonds is 2. The third kappa shape index (κ3) is 3.63. The Labute approximate surface area is 127 Å². The number of nitrogens with one attached hydrogen (secondary N) is 1. The highest BCUT2D eigenvalue weighted by Gasteiger charge is 2.16. The highest BCUT2D eigenvalue weighted by molar-refractivity contribution is 7.10. The smallest absolute Gasteiger partial charge is 0.0495 e. The highest BCUT2D eigenvalue weighted by atomic mass is 32.1. The summed E-state index contributed by atoms with van der Waals surface area (Å²) in [5.41, 5.74) is 4.13. The summed E-state index contributed by atoms with van der Waals surface area (Å²) in [5.74, 6) is 0. The molecule has 2 heteroatoms. The molecule has 108 valence electrons. The maximum absolute atomic E-state index is 3.49. The zero-order valence-electron chi connectivity index (χ0n) is 13.4. The van der Waals surface area contributed by atoms with E-state index in [0.717, 1.165) is 5.69 Å². The SMILES string of the molecule is CC(C)(C)c1ccc(Nc2csc(C(C)(C)C)c2)cc1. The third-order valence-electron chi connectivity index (χ3n) is 3.38. The summed E-state index contributed by atoms with van der Waals surface area (Å²) in [6.07, 6.45) is 0. The maximum Gasteiger partial charge on any atom is 0.0495 e. The molecule has 0 unspecified atom stereocenters. The van der Waals surface area contributed by atoms with Gasteiger partial charge in [0.2, 0.25) is 0 Å². The summed E-state index contributed by atoms with van der Waals surface area (Å²) in [4.78, 5) is 1.41. The monoisotopic (exact) mass is 287 g/mol. The van der Waals surface area contributed by atoms with Gasteiger partial charge in [-0.15, -0.1) is 11.3 Å². The van der Waals surface area contributed by atoms with Crippen LogP contribution >= 0.6 is 11.3 Å². The van der Waals surface area contributed by atoms with Crippen molar-refractivity contribution >= 4 is 22.7 Å². The maximum atomic E-state index is 3.49. The number of hydrogen-bond donors (Lipinski definition) is 1. The van der Waals surface area contributed by atoms with E-state index in [2.05, 4.69) is 82.6 Å². The minimum atomic E-state index is 0.209. The molecule has 0 aliphatic heterocycles. The van der Waals surface area contributed by atoms with E-state index in [1.54, 1.807) is 0 Å². The van der Waals surface area contributed by atoms with E-state index in [-0.39, 0.29) is 10.8 Å². The van der Waals surface area contributed by atoms with Crippen LogP contribution in [0.5, 0.6) is 0 Å². The van der Waals surface area contributed by atoms with Crippen LogP contribution in [0, 0.1) is 0 Å². The number of benzene rings is 1. The van der Waals surface area contributed by atoms with Crippen molar-refractivity contribution in [2.45, 2.75) is 52.4 Å². The van der Waals surface area contributed by atoms with Gasteiger partial charge in [0.15, 0.2) is 0 Å². The molecule has 1 heterocycles. The fourth-order valence-electron chi connectivity index (χ4n) is 2.02. The number of anilines is 2. The van der Waals surface area contributed by atoms with Gasteiger partial charge in [0, 0.05) is 21.6 Å². The molecule has 0 saturated heterocycles. The Bertz CT molecular complexity index is 565. The van der Waals surface area contributed by atoms with Crippen molar-refractivity contribution in [1.82, 2.24) is 0 Å². The van der Waals surface area contributed by atoms with Gasteiger partial charge in [0.25, 0.3) is 0 Å². The van der Waals surface area contributed by atoms with Crippen LogP contribution in [0.4, 0.5) is 11.4 Å². The third-order valence-corrected chi connectivity index (χ3v) is 4.73. The molecule has 0 amide bonds. The standard InChI is InChI=1S/C18H25NS/c1-17(2,3)13-7-9-14(10-8-13)19-15-11-16(20-12-15)18(4,5)6/h7-12,19H,1-6H3. The van der Waals surface area contributed by atoms with Gasteiger partial charge >= 0.3 is 0 Å². The van der Waals surface area contributed by atoms with Gasteiger partial charge in [-0.2, -0.15) is 0 Å². The second kappa shape index (κ2) is 5.25. The molecular weight excluding hydrogens is 262 g/mol. The lowest BCUT2D eigenvalue weighted by atomic mass is 9.87. The average Bonchev–Trinajstić information content (AvgIpc) is 2.77. The topological polar surface area (TPSA) is 12.0 Å². The molecule has 0 atom stereocenters. The van der Waals surface area contributed by atoms with Gasteiger partial charge in [-0.1, -0.05) is 53.7 Å². The second-order valence-corrected chi connectivity index (χ2v) is 8.31. The molecule has 0 aliphatic rings. The van der Waals surface area contributed by atoms with E-state index in [4.69, 9.17) is 0 Å². The predicted molar refractivity (Wildman–Crippen MR) is 91.4 cm³/mol. The first kappa shape index (κ1) is 15.1. The van der Waals surface area contributed by atoms with Crippen LogP contribution in [0.3, 0.4) is 0 Å². The van der Waals surface area contributed by atoms with E-state index in [1.165, 1.54) is 16.1 Å². The second-order valence-electron chi connectivity index (χ2n) is 7.40. The van der Waals surface area contributed by atoms with Crippen molar-refractivity contribution < 1.29 is 0 Å². The van der Waals surface area contributed by atoms with Crippen LogP contribution in [-0.2, 0) is 10.8 Å². The Morgan fingerprint density at radius 1 is 0.800 bits per heavy atom. The molecule has 0 radical (unpaired) electrons. The minimum Gasteiger partial charge on any atom is -0.355 e. The average molecular weight is 287 g/mol. The summed E-state index contributed by atoms with van der Waals surface area (Å²) >= 11 is 1.82. The molecule has 20 heavy (non-hydrogen) atoms. The zero-order chi connectivity index (χ0) is 15.0. The fourth-order valence-corrected chi connectivity index (χ4v) is 2.94. The molecule has 2 rings (SSSR count). The van der Waals surface area contributed by atoms with E-state index >= 15 is 0 Å². The van der Waals surface area contributed by atoms with Gasteiger partial charge in [0.05, 0.1) is 0 Å². The predicted octanol–water partition coefficient (Wildman–Crippen LogP) is 6.09. The summed E-state index contributed by atoms with van der Waals surface area (Å²) < 4.78 is 0. The molecular formula is C18H25NS. The summed E-state index contributed by atoms with van der Waals surface area (Å²) in [6, 6.07) is 11.0. The van der Waals surface area contributed by atoms with E-state index in [0.29, 0.717) is 0 Å². The van der Waals surface area contributed by atoms with Crippen molar-refractivity contribution in [3.8, 4) is 0 Å². The first-order chi connectivity index (χ1) is 9.16. The van der Waals surface area contributed by atoms with E-state index < -0.39 is 0 Å². The number of thiophene rings is 1. The lowest BCUT2D eigenvalue weighted by Gasteiger charge is -2.19. The normalized spacial score (nSPS) is 12.5. The van der Waals surface area contributed by atoms with Gasteiger partial charge < -0.3 is 5.32 Å². The molecule has 2 aromatic rings. The van der Waals surface area contributed by atoms with Crippen LogP contribution in [0.25, 0.3) is 0 Å². The molecule has 1 aromatic heterocycles. The minimum absolute atomic E-state index is 0.209. The Morgan fingerprint density at radius 2 is 1.40 bits per heavy atom. The molecule has 0 aliphatic carbocycles. The lowest BCUT2D eigenvalue weighted by Crippen LogP contribution is -2.10. The van der Waals surface area contributed by atoms with Crippen LogP contribution in [0.1, 0.15) is 52.0 Å².